The van der Waals surface area contributed by atoms with Crippen LogP contribution in [0.5, 0.6) is 5.75 Å². The second-order valence-electron chi connectivity index (χ2n) is 5.23. The van der Waals surface area contributed by atoms with E-state index in [-0.39, 0.29) is 17.0 Å². The predicted octanol–water partition coefficient (Wildman–Crippen LogP) is 3.91. The molecule has 1 aliphatic rings. The van der Waals surface area contributed by atoms with Gasteiger partial charge in [-0.15, -0.1) is 0 Å². The van der Waals surface area contributed by atoms with Crippen LogP contribution in [0.3, 0.4) is 0 Å². The Balaban J connectivity index is 1.83. The second-order valence-corrected chi connectivity index (χ2v) is 6.50. The van der Waals surface area contributed by atoms with Gasteiger partial charge in [-0.2, -0.15) is 4.98 Å². The standard InChI is InChI=1S/C15H16BrClN4O2/c1-21(13-3-2-6-23-13)14-10(16)8-18-15(20-14)19-9-4-5-12(22)11(17)7-9/h4-5,7-8,13,22H,2-3,6H2,1H3,(H,18,19,20). The van der Waals surface area contributed by atoms with Crippen molar-refractivity contribution in [1.82, 2.24) is 9.97 Å². The van der Waals surface area contributed by atoms with E-state index in [1.807, 2.05) is 11.9 Å². The number of aromatic nitrogens is 2. The minimum Gasteiger partial charge on any atom is -0.506 e. The van der Waals surface area contributed by atoms with Gasteiger partial charge >= 0.3 is 0 Å². The Morgan fingerprint density at radius 2 is 2.30 bits per heavy atom. The Bertz CT molecular complexity index is 710. The summed E-state index contributed by atoms with van der Waals surface area (Å²) < 4.78 is 6.49. The summed E-state index contributed by atoms with van der Waals surface area (Å²) in [5, 5.41) is 12.8. The van der Waals surface area contributed by atoms with Crippen LogP contribution in [0.2, 0.25) is 5.02 Å². The summed E-state index contributed by atoms with van der Waals surface area (Å²) in [6.07, 6.45) is 3.74. The summed E-state index contributed by atoms with van der Waals surface area (Å²) in [6.45, 7) is 0.773. The summed E-state index contributed by atoms with van der Waals surface area (Å²) in [6, 6.07) is 4.84. The van der Waals surface area contributed by atoms with E-state index in [2.05, 4.69) is 31.2 Å². The molecule has 1 atom stereocenters. The molecule has 1 aromatic heterocycles. The molecule has 0 aliphatic carbocycles. The van der Waals surface area contributed by atoms with Crippen LogP contribution < -0.4 is 10.2 Å². The van der Waals surface area contributed by atoms with E-state index in [1.54, 1.807) is 18.3 Å². The lowest BCUT2D eigenvalue weighted by molar-refractivity contribution is 0.111. The van der Waals surface area contributed by atoms with Gasteiger partial charge < -0.3 is 20.1 Å². The van der Waals surface area contributed by atoms with E-state index in [9.17, 15) is 5.11 Å². The third-order valence-corrected chi connectivity index (χ3v) is 4.46. The molecule has 0 radical (unpaired) electrons. The maximum Gasteiger partial charge on any atom is 0.229 e. The summed E-state index contributed by atoms with van der Waals surface area (Å²) >= 11 is 9.39. The normalized spacial score (nSPS) is 17.3. The molecule has 6 nitrogen and oxygen atoms in total. The van der Waals surface area contributed by atoms with Gasteiger partial charge in [-0.3, -0.25) is 0 Å². The molecule has 1 unspecified atom stereocenters. The molecular weight excluding hydrogens is 384 g/mol. The van der Waals surface area contributed by atoms with Gasteiger partial charge in [0.15, 0.2) is 0 Å². The van der Waals surface area contributed by atoms with Crippen molar-refractivity contribution in [3.8, 4) is 5.75 Å². The molecule has 23 heavy (non-hydrogen) atoms. The lowest BCUT2D eigenvalue weighted by Gasteiger charge is -2.25. The van der Waals surface area contributed by atoms with E-state index < -0.39 is 0 Å². The third-order valence-electron chi connectivity index (χ3n) is 3.60. The number of nitrogens with zero attached hydrogens (tertiary/aromatic N) is 3. The molecule has 0 bridgehead atoms. The van der Waals surface area contributed by atoms with E-state index in [0.717, 1.165) is 29.7 Å². The number of nitrogens with one attached hydrogen (secondary N) is 1. The number of phenols is 1. The molecule has 1 aromatic carbocycles. The van der Waals surface area contributed by atoms with Crippen molar-refractivity contribution in [1.29, 1.82) is 0 Å². The predicted molar refractivity (Wildman–Crippen MR) is 93.5 cm³/mol. The number of aromatic hydroxyl groups is 1. The number of hydrogen-bond donors (Lipinski definition) is 2. The molecule has 1 saturated heterocycles. The Labute approximate surface area is 147 Å². The second kappa shape index (κ2) is 6.90. The molecule has 1 aliphatic heterocycles. The Kier molecular flexibility index (Phi) is 4.89. The van der Waals surface area contributed by atoms with Crippen LogP contribution in [-0.4, -0.2) is 35.0 Å². The van der Waals surface area contributed by atoms with Crippen LogP contribution in [0.4, 0.5) is 17.5 Å². The Hall–Kier alpha value is -1.57. The van der Waals surface area contributed by atoms with Crippen molar-refractivity contribution >= 4 is 45.0 Å². The minimum atomic E-state index is 0.0252. The Morgan fingerprint density at radius 1 is 1.48 bits per heavy atom. The van der Waals surface area contributed by atoms with Crippen LogP contribution in [0.15, 0.2) is 28.9 Å². The molecule has 3 rings (SSSR count). The van der Waals surface area contributed by atoms with Crippen molar-refractivity contribution in [3.63, 3.8) is 0 Å². The molecule has 2 aromatic rings. The number of anilines is 3. The smallest absolute Gasteiger partial charge is 0.229 e. The van der Waals surface area contributed by atoms with Gasteiger partial charge in [0.1, 0.15) is 17.8 Å². The topological polar surface area (TPSA) is 70.5 Å². The van der Waals surface area contributed by atoms with Crippen molar-refractivity contribution in [2.45, 2.75) is 19.1 Å². The molecule has 1 fully saturated rings. The fourth-order valence-corrected chi connectivity index (χ4v) is 3.03. The molecule has 122 valence electrons. The highest BCUT2D eigenvalue weighted by Crippen LogP contribution is 2.30. The first-order chi connectivity index (χ1) is 11.0. The van der Waals surface area contributed by atoms with Gasteiger partial charge in [-0.05, 0) is 47.0 Å². The average Bonchev–Trinajstić information content (AvgIpc) is 3.06. The lowest BCUT2D eigenvalue weighted by atomic mass is 10.3. The van der Waals surface area contributed by atoms with Gasteiger partial charge in [0.05, 0.1) is 9.50 Å². The van der Waals surface area contributed by atoms with Crippen LogP contribution in [0.1, 0.15) is 12.8 Å². The molecular formula is C15H16BrClN4O2. The first-order valence-corrected chi connectivity index (χ1v) is 8.34. The van der Waals surface area contributed by atoms with E-state index >= 15 is 0 Å². The third kappa shape index (κ3) is 3.68. The maximum atomic E-state index is 9.47. The molecule has 0 saturated carbocycles. The van der Waals surface area contributed by atoms with Crippen LogP contribution in [0, 0.1) is 0 Å². The number of phenolic OH excluding ortho intramolecular Hbond substituents is 1. The molecule has 2 N–H and O–H groups in total. The molecule has 2 heterocycles. The molecule has 8 heteroatoms. The fourth-order valence-electron chi connectivity index (χ4n) is 2.38. The van der Waals surface area contributed by atoms with E-state index in [4.69, 9.17) is 16.3 Å². The van der Waals surface area contributed by atoms with E-state index in [0.29, 0.717) is 11.6 Å². The highest BCUT2D eigenvalue weighted by molar-refractivity contribution is 9.10. The average molecular weight is 400 g/mol. The first-order valence-electron chi connectivity index (χ1n) is 7.17. The van der Waals surface area contributed by atoms with Crippen LogP contribution in [0.25, 0.3) is 0 Å². The molecule has 0 amide bonds. The van der Waals surface area contributed by atoms with Crippen LogP contribution >= 0.6 is 27.5 Å². The fraction of sp³-hybridized carbons (Fsp3) is 0.333. The minimum absolute atomic E-state index is 0.0252. The number of halogens is 2. The van der Waals surface area contributed by atoms with Crippen molar-refractivity contribution in [2.24, 2.45) is 0 Å². The van der Waals surface area contributed by atoms with Gasteiger partial charge in [0, 0.05) is 25.5 Å². The maximum absolute atomic E-state index is 9.47. The summed E-state index contributed by atoms with van der Waals surface area (Å²) in [5.74, 6) is 1.22. The lowest BCUT2D eigenvalue weighted by Crippen LogP contribution is -2.31. The zero-order valence-corrected chi connectivity index (χ0v) is 14.8. The number of rotatable bonds is 4. The van der Waals surface area contributed by atoms with Gasteiger partial charge in [0.2, 0.25) is 5.95 Å². The zero-order valence-electron chi connectivity index (χ0n) is 12.5. The van der Waals surface area contributed by atoms with Gasteiger partial charge in [-0.1, -0.05) is 11.6 Å². The summed E-state index contributed by atoms with van der Waals surface area (Å²) in [7, 11) is 1.95. The largest absolute Gasteiger partial charge is 0.506 e. The zero-order chi connectivity index (χ0) is 16.4. The molecule has 0 spiro atoms. The number of hydrogen-bond acceptors (Lipinski definition) is 6. The highest BCUT2D eigenvalue weighted by atomic mass is 79.9. The van der Waals surface area contributed by atoms with Gasteiger partial charge in [-0.25, -0.2) is 4.98 Å². The van der Waals surface area contributed by atoms with Crippen molar-refractivity contribution < 1.29 is 9.84 Å². The first kappa shape index (κ1) is 16.3. The number of ether oxygens (including phenoxy) is 1. The monoisotopic (exact) mass is 398 g/mol. The Morgan fingerprint density at radius 3 is 3.00 bits per heavy atom. The van der Waals surface area contributed by atoms with Gasteiger partial charge in [0.25, 0.3) is 0 Å². The van der Waals surface area contributed by atoms with Crippen LogP contribution in [-0.2, 0) is 4.74 Å². The van der Waals surface area contributed by atoms with Crippen molar-refractivity contribution in [3.05, 3.63) is 33.9 Å². The quantitative estimate of drug-likeness (QED) is 0.760. The SMILES string of the molecule is CN(c1nc(Nc2ccc(O)c(Cl)c2)ncc1Br)C1CCCO1. The van der Waals surface area contributed by atoms with Crippen molar-refractivity contribution in [2.75, 3.05) is 23.9 Å². The summed E-state index contributed by atoms with van der Waals surface area (Å²) in [4.78, 5) is 10.8. The number of benzene rings is 1. The highest BCUT2D eigenvalue weighted by Gasteiger charge is 2.23. The van der Waals surface area contributed by atoms with E-state index in [1.165, 1.54) is 6.07 Å². The summed E-state index contributed by atoms with van der Waals surface area (Å²) in [5.41, 5.74) is 0.695.